The van der Waals surface area contributed by atoms with Crippen molar-refractivity contribution >= 4 is 38.0 Å². The number of ether oxygens (including phenoxy) is 1. The summed E-state index contributed by atoms with van der Waals surface area (Å²) >= 11 is 0. The van der Waals surface area contributed by atoms with E-state index in [1.54, 1.807) is 0 Å². The second-order valence-corrected chi connectivity index (χ2v) is 14.6. The Morgan fingerprint density at radius 3 is 1.57 bits per heavy atom. The van der Waals surface area contributed by atoms with Crippen LogP contribution < -0.4 is 27.6 Å². The van der Waals surface area contributed by atoms with Crippen molar-refractivity contribution < 1.29 is 43.0 Å². The maximum absolute atomic E-state index is 13.0. The molecule has 42 heavy (non-hydrogen) atoms. The maximum Gasteiger partial charge on any atom is 2.00 e. The van der Waals surface area contributed by atoms with Gasteiger partial charge in [-0.25, -0.2) is 4.79 Å². The summed E-state index contributed by atoms with van der Waals surface area (Å²) in [5.74, 6) is -0.349. The Bertz CT molecular complexity index is 1270. The molecule has 0 aliphatic rings. The molecule has 0 aliphatic carbocycles. The molecule has 0 aromatic heterocycles. The molecule has 223 valence electrons. The van der Waals surface area contributed by atoms with E-state index in [0.717, 1.165) is 22.9 Å². The van der Waals surface area contributed by atoms with Gasteiger partial charge in [0, 0.05) is 12.2 Å². The number of hydrogen-bond acceptors (Lipinski definition) is 2. The van der Waals surface area contributed by atoms with Crippen molar-refractivity contribution in [2.45, 2.75) is 33.9 Å². The van der Waals surface area contributed by atoms with Gasteiger partial charge in [0.25, 0.3) is 0 Å². The van der Waals surface area contributed by atoms with Crippen LogP contribution in [0.2, 0.25) is 0 Å². The zero-order valence-electron chi connectivity index (χ0n) is 24.9. The van der Waals surface area contributed by atoms with E-state index in [4.69, 9.17) is 4.74 Å². The number of carbonyl (C=O) groups excluding carboxylic acids is 1. The second kappa shape index (κ2) is 21.6. The fraction of sp³-hybridized carbons (Fsp3) is 0.250. The number of carbonyl (C=O) groups is 1. The minimum atomic E-state index is -0.648. The molecule has 0 saturated carbocycles. The first-order valence-corrected chi connectivity index (χ1v) is 17.6. The van der Waals surface area contributed by atoms with Crippen LogP contribution in [0.3, 0.4) is 0 Å². The van der Waals surface area contributed by atoms with Crippen LogP contribution in [0.5, 0.6) is 0 Å². The average molecular weight is 706 g/mol. The fourth-order valence-corrected chi connectivity index (χ4v) is 8.07. The summed E-state index contributed by atoms with van der Waals surface area (Å²) < 4.78 is 5.43. The third kappa shape index (κ3) is 11.9. The van der Waals surface area contributed by atoms with E-state index in [-0.39, 0.29) is 39.4 Å². The van der Waals surface area contributed by atoms with Crippen molar-refractivity contribution in [3.8, 4) is 0 Å². The van der Waals surface area contributed by atoms with Crippen LogP contribution >= 0.6 is 15.8 Å². The largest absolute Gasteiger partial charge is 2.00 e. The Balaban J connectivity index is 0.000000876. The first-order valence-electron chi connectivity index (χ1n) is 14.2. The molecular formula is C36H41BrNiO2P2+. The SMILES string of the molecule is CCOC(=O)C(=[C]c1ccccc1)c1ccccc1CP(c1ccccc1)c1ccccc1.CCP(CC)CC.[Br-].[Ni+2]. The van der Waals surface area contributed by atoms with E-state index in [2.05, 4.69) is 81.4 Å². The summed E-state index contributed by atoms with van der Waals surface area (Å²) in [6.07, 6.45) is 8.40. The zero-order chi connectivity index (χ0) is 28.6. The van der Waals surface area contributed by atoms with E-state index in [1.165, 1.54) is 29.1 Å². The molecule has 0 fully saturated rings. The van der Waals surface area contributed by atoms with E-state index < -0.39 is 7.92 Å². The smallest absolute Gasteiger partial charge is 1.00 e. The summed E-state index contributed by atoms with van der Waals surface area (Å²) in [5, 5.41) is 2.62. The molecule has 0 amide bonds. The molecule has 0 atom stereocenters. The normalized spacial score (nSPS) is 10.7. The molecule has 0 bridgehead atoms. The van der Waals surface area contributed by atoms with Crippen molar-refractivity contribution in [1.29, 1.82) is 0 Å². The topological polar surface area (TPSA) is 26.3 Å². The molecule has 6 heteroatoms. The van der Waals surface area contributed by atoms with E-state index in [9.17, 15) is 4.79 Å². The van der Waals surface area contributed by atoms with Crippen molar-refractivity contribution in [3.05, 3.63) is 138 Å². The van der Waals surface area contributed by atoms with Crippen molar-refractivity contribution in [1.82, 2.24) is 0 Å². The van der Waals surface area contributed by atoms with Crippen molar-refractivity contribution in [3.63, 3.8) is 0 Å². The van der Waals surface area contributed by atoms with Gasteiger partial charge in [-0.1, -0.05) is 136 Å². The number of esters is 1. The monoisotopic (exact) mass is 704 g/mol. The van der Waals surface area contributed by atoms with Crippen molar-refractivity contribution in [2.75, 3.05) is 25.1 Å². The minimum Gasteiger partial charge on any atom is -1.00 e. The predicted octanol–water partition coefficient (Wildman–Crippen LogP) is 5.65. The van der Waals surface area contributed by atoms with Crippen LogP contribution in [0, 0.1) is 6.08 Å². The molecule has 0 spiro atoms. The molecule has 2 nitrogen and oxygen atoms in total. The quantitative estimate of drug-likeness (QED) is 0.0664. The van der Waals surface area contributed by atoms with Gasteiger partial charge in [0.15, 0.2) is 0 Å². The average Bonchev–Trinajstić information content (AvgIpc) is 3.01. The van der Waals surface area contributed by atoms with E-state index in [0.29, 0.717) is 20.1 Å². The molecule has 4 aromatic carbocycles. The van der Waals surface area contributed by atoms with Crippen LogP contribution in [0.25, 0.3) is 5.57 Å². The minimum absolute atomic E-state index is 0. The van der Waals surface area contributed by atoms with Crippen LogP contribution in [0.15, 0.2) is 115 Å². The zero-order valence-corrected chi connectivity index (χ0v) is 29.3. The molecule has 4 rings (SSSR count). The van der Waals surface area contributed by atoms with Gasteiger partial charge < -0.3 is 21.7 Å². The Kier molecular flexibility index (Phi) is 19.5. The Morgan fingerprint density at radius 1 is 0.667 bits per heavy atom. The summed E-state index contributed by atoms with van der Waals surface area (Å²) in [5.41, 5.74) is 3.31. The van der Waals surface area contributed by atoms with Crippen LogP contribution in [-0.2, 0) is 32.2 Å². The number of rotatable bonds is 11. The Hall–Kier alpha value is -2.08. The maximum atomic E-state index is 13.0. The third-order valence-corrected chi connectivity index (χ3v) is 11.8. The molecule has 0 N–H and O–H groups in total. The van der Waals surface area contributed by atoms with Gasteiger partial charge in [-0.05, 0) is 60.6 Å². The van der Waals surface area contributed by atoms with Gasteiger partial charge in [-0.15, -0.1) is 7.92 Å². The number of hydrogen-bond donors (Lipinski definition) is 0. The van der Waals surface area contributed by atoms with Crippen LogP contribution in [0.4, 0.5) is 0 Å². The van der Waals surface area contributed by atoms with Crippen molar-refractivity contribution in [2.24, 2.45) is 0 Å². The van der Waals surface area contributed by atoms with Crippen LogP contribution in [-0.4, -0.2) is 31.1 Å². The van der Waals surface area contributed by atoms with Gasteiger partial charge in [0.2, 0.25) is 0 Å². The van der Waals surface area contributed by atoms with Gasteiger partial charge in [-0.3, -0.25) is 0 Å². The number of halogens is 1. The molecule has 0 unspecified atom stereocenters. The second-order valence-electron chi connectivity index (χ2n) is 9.12. The molecule has 0 heterocycles. The summed E-state index contributed by atoms with van der Waals surface area (Å²) in [7, 11) is -0.202. The summed E-state index contributed by atoms with van der Waals surface area (Å²) in [6.45, 7) is 9.02. The standard InChI is InChI=1S/C30H26O2P.C6H15P.BrH.Ni/c1-2-32-30(31)29(22-24-14-6-3-7-15-24)28-21-13-12-16-25(28)23-33(26-17-8-4-9-18-26)27-19-10-5-11-20-27;1-4-7(5-2)6-3;;/h3-21H,2,23H2,1H3;4-6H2,1-3H3;1H;/q;;;+2/p-1. The Morgan fingerprint density at radius 2 is 1.12 bits per heavy atom. The Labute approximate surface area is 276 Å². The molecule has 1 radical (unpaired) electrons. The van der Waals surface area contributed by atoms with Gasteiger partial charge in [0.1, 0.15) is 0 Å². The molecule has 0 aliphatic heterocycles. The summed E-state index contributed by atoms with van der Waals surface area (Å²) in [6, 6.07) is 39.1. The van der Waals surface area contributed by atoms with Gasteiger partial charge in [0.05, 0.1) is 12.2 Å². The third-order valence-electron chi connectivity index (χ3n) is 6.62. The fourth-order valence-electron chi connectivity index (χ4n) is 4.39. The van der Waals surface area contributed by atoms with E-state index in [1.807, 2.05) is 67.6 Å². The number of benzene rings is 4. The molecule has 4 aromatic rings. The predicted molar refractivity (Wildman–Crippen MR) is 177 cm³/mol. The molecular weight excluding hydrogens is 665 g/mol. The van der Waals surface area contributed by atoms with E-state index >= 15 is 0 Å². The van der Waals surface area contributed by atoms with Gasteiger partial charge in [-0.2, -0.15) is 0 Å². The molecule has 0 saturated heterocycles. The van der Waals surface area contributed by atoms with Crippen LogP contribution in [0.1, 0.15) is 44.4 Å². The first-order chi connectivity index (χ1) is 19.6. The first kappa shape index (κ1) is 37.9. The van der Waals surface area contributed by atoms with Gasteiger partial charge >= 0.3 is 22.5 Å². The summed E-state index contributed by atoms with van der Waals surface area (Å²) in [4.78, 5) is 13.0.